The molecule has 0 aliphatic heterocycles. The van der Waals surface area contributed by atoms with E-state index in [1.807, 2.05) is 6.92 Å². The summed E-state index contributed by atoms with van der Waals surface area (Å²) in [6, 6.07) is 0. The molecule has 2 saturated carbocycles. The normalized spacial score (nSPS) is 21.1. The van der Waals surface area contributed by atoms with Crippen LogP contribution in [-0.2, 0) is 0 Å². The third-order valence-electron chi connectivity index (χ3n) is 4.16. The molecule has 5 heteroatoms. The number of anilines is 2. The number of rotatable bonds is 5. The summed E-state index contributed by atoms with van der Waals surface area (Å²) in [4.78, 5) is 8.36. The Labute approximate surface area is 101 Å². The van der Waals surface area contributed by atoms with Crippen LogP contribution in [0.3, 0.4) is 0 Å². The first kappa shape index (κ1) is 10.8. The number of nitrogens with one attached hydrogen (secondary N) is 2. The van der Waals surface area contributed by atoms with E-state index in [2.05, 4.69) is 20.7 Å². The van der Waals surface area contributed by atoms with Gasteiger partial charge in [0.1, 0.15) is 18.0 Å². The number of hydrazine groups is 1. The predicted octanol–water partition coefficient (Wildman–Crippen LogP) is 1.67. The van der Waals surface area contributed by atoms with Gasteiger partial charge in [0.25, 0.3) is 0 Å². The second-order valence-corrected chi connectivity index (χ2v) is 5.33. The minimum absolute atomic E-state index is 0.577. The highest BCUT2D eigenvalue weighted by Crippen LogP contribution is 2.61. The average molecular weight is 233 g/mol. The van der Waals surface area contributed by atoms with E-state index >= 15 is 0 Å². The molecule has 5 nitrogen and oxygen atoms in total. The molecule has 17 heavy (non-hydrogen) atoms. The van der Waals surface area contributed by atoms with Gasteiger partial charge in [0.05, 0.1) is 0 Å². The van der Waals surface area contributed by atoms with Crippen LogP contribution in [0, 0.1) is 18.3 Å². The fourth-order valence-corrected chi connectivity index (χ4v) is 2.62. The zero-order chi connectivity index (χ0) is 11.9. The second kappa shape index (κ2) is 3.84. The third kappa shape index (κ3) is 1.95. The summed E-state index contributed by atoms with van der Waals surface area (Å²) in [5, 5.41) is 3.47. The van der Waals surface area contributed by atoms with Gasteiger partial charge in [-0.3, -0.25) is 0 Å². The molecular formula is C12H19N5. The van der Waals surface area contributed by atoms with Crippen molar-refractivity contribution in [3.63, 3.8) is 0 Å². The zero-order valence-corrected chi connectivity index (χ0v) is 10.2. The van der Waals surface area contributed by atoms with Crippen LogP contribution in [0.15, 0.2) is 6.33 Å². The maximum atomic E-state index is 5.40. The molecule has 2 fully saturated rings. The summed E-state index contributed by atoms with van der Waals surface area (Å²) in [7, 11) is 0. The van der Waals surface area contributed by atoms with Gasteiger partial charge < -0.3 is 10.7 Å². The first-order chi connectivity index (χ1) is 8.25. The van der Waals surface area contributed by atoms with Crippen LogP contribution in [0.2, 0.25) is 0 Å². The van der Waals surface area contributed by atoms with E-state index in [-0.39, 0.29) is 0 Å². The minimum atomic E-state index is 0.577. The lowest BCUT2D eigenvalue weighted by atomic mass is 10.0. The van der Waals surface area contributed by atoms with Crippen molar-refractivity contribution in [1.82, 2.24) is 9.97 Å². The van der Waals surface area contributed by atoms with Crippen molar-refractivity contribution in [3.05, 3.63) is 11.9 Å². The Morgan fingerprint density at radius 2 is 2.06 bits per heavy atom. The summed E-state index contributed by atoms with van der Waals surface area (Å²) >= 11 is 0. The van der Waals surface area contributed by atoms with Gasteiger partial charge in [-0.2, -0.15) is 0 Å². The van der Waals surface area contributed by atoms with Crippen LogP contribution in [0.5, 0.6) is 0 Å². The second-order valence-electron chi connectivity index (χ2n) is 5.33. The van der Waals surface area contributed by atoms with E-state index in [1.165, 1.54) is 25.7 Å². The molecule has 92 valence electrons. The highest BCUT2D eigenvalue weighted by molar-refractivity contribution is 5.55. The molecule has 0 saturated heterocycles. The first-order valence-corrected chi connectivity index (χ1v) is 6.27. The summed E-state index contributed by atoms with van der Waals surface area (Å²) in [5.41, 5.74) is 4.16. The lowest BCUT2D eigenvalue weighted by molar-refractivity contribution is 0.466. The van der Waals surface area contributed by atoms with Crippen LogP contribution in [0.4, 0.5) is 11.6 Å². The topological polar surface area (TPSA) is 75.9 Å². The molecule has 0 atom stereocenters. The highest BCUT2D eigenvalue weighted by atomic mass is 15.3. The Morgan fingerprint density at radius 1 is 1.35 bits per heavy atom. The van der Waals surface area contributed by atoms with Crippen molar-refractivity contribution in [3.8, 4) is 0 Å². The lowest BCUT2D eigenvalue weighted by Gasteiger charge is -2.17. The summed E-state index contributed by atoms with van der Waals surface area (Å²) in [5.74, 6) is 7.96. The van der Waals surface area contributed by atoms with E-state index in [1.54, 1.807) is 6.33 Å². The molecule has 0 unspecified atom stereocenters. The Morgan fingerprint density at radius 3 is 2.65 bits per heavy atom. The van der Waals surface area contributed by atoms with Gasteiger partial charge in [-0.05, 0) is 43.9 Å². The minimum Gasteiger partial charge on any atom is -0.369 e. The fourth-order valence-electron chi connectivity index (χ4n) is 2.62. The van der Waals surface area contributed by atoms with Gasteiger partial charge in [0, 0.05) is 12.1 Å². The van der Waals surface area contributed by atoms with E-state index < -0.39 is 0 Å². The van der Waals surface area contributed by atoms with E-state index in [9.17, 15) is 0 Å². The Balaban J connectivity index is 1.68. The molecule has 2 aliphatic rings. The molecule has 4 N–H and O–H groups in total. The Bertz CT molecular complexity index is 423. The quantitative estimate of drug-likeness (QED) is 0.533. The molecule has 0 radical (unpaired) electrons. The van der Waals surface area contributed by atoms with Crippen molar-refractivity contribution in [2.45, 2.75) is 32.6 Å². The summed E-state index contributed by atoms with van der Waals surface area (Å²) < 4.78 is 0. The molecule has 0 spiro atoms. The lowest BCUT2D eigenvalue weighted by Crippen LogP contribution is -2.19. The molecular weight excluding hydrogens is 214 g/mol. The van der Waals surface area contributed by atoms with Gasteiger partial charge in [-0.1, -0.05) is 0 Å². The van der Waals surface area contributed by atoms with E-state index in [0.717, 1.165) is 23.8 Å². The standard InChI is InChI=1S/C12H19N5/c1-8-10(15-7-16-11(8)17-13)14-6-12(4-5-12)9-2-3-9/h7,9H,2-6,13H2,1H3,(H2,14,15,16,17). The van der Waals surface area contributed by atoms with Crippen LogP contribution in [-0.4, -0.2) is 16.5 Å². The van der Waals surface area contributed by atoms with Crippen molar-refractivity contribution >= 4 is 11.6 Å². The van der Waals surface area contributed by atoms with Crippen LogP contribution < -0.4 is 16.6 Å². The fraction of sp³-hybridized carbons (Fsp3) is 0.667. The van der Waals surface area contributed by atoms with Crippen LogP contribution in [0.25, 0.3) is 0 Å². The number of hydrogen-bond acceptors (Lipinski definition) is 5. The number of nitrogens with two attached hydrogens (primary N) is 1. The SMILES string of the molecule is Cc1c(NN)ncnc1NCC1(C2CC2)CC1. The Hall–Kier alpha value is -1.36. The van der Waals surface area contributed by atoms with Crippen molar-refractivity contribution in [2.75, 3.05) is 17.3 Å². The summed E-state index contributed by atoms with van der Waals surface area (Å²) in [6.07, 6.45) is 7.12. The number of aromatic nitrogens is 2. The third-order valence-corrected chi connectivity index (χ3v) is 4.16. The molecule has 0 amide bonds. The smallest absolute Gasteiger partial charge is 0.148 e. The molecule has 3 rings (SSSR count). The Kier molecular flexibility index (Phi) is 2.43. The maximum Gasteiger partial charge on any atom is 0.148 e. The van der Waals surface area contributed by atoms with Crippen molar-refractivity contribution < 1.29 is 0 Å². The number of nitrogens with zero attached hydrogens (tertiary/aromatic N) is 2. The molecule has 0 bridgehead atoms. The number of hydrogen-bond donors (Lipinski definition) is 3. The maximum absolute atomic E-state index is 5.40. The number of nitrogen functional groups attached to an aromatic ring is 1. The highest BCUT2D eigenvalue weighted by Gasteiger charge is 2.53. The van der Waals surface area contributed by atoms with Crippen LogP contribution in [0.1, 0.15) is 31.2 Å². The van der Waals surface area contributed by atoms with Crippen molar-refractivity contribution in [2.24, 2.45) is 17.2 Å². The zero-order valence-electron chi connectivity index (χ0n) is 10.2. The molecule has 1 aromatic rings. The molecule has 2 aliphatic carbocycles. The van der Waals surface area contributed by atoms with Crippen molar-refractivity contribution in [1.29, 1.82) is 0 Å². The van der Waals surface area contributed by atoms with Gasteiger partial charge >= 0.3 is 0 Å². The van der Waals surface area contributed by atoms with Gasteiger partial charge in [0.2, 0.25) is 0 Å². The van der Waals surface area contributed by atoms with E-state index in [0.29, 0.717) is 11.2 Å². The molecule has 1 aromatic heterocycles. The average Bonchev–Trinajstić information content (AvgIpc) is 3.19. The first-order valence-electron chi connectivity index (χ1n) is 6.27. The van der Waals surface area contributed by atoms with Gasteiger partial charge in [0.15, 0.2) is 0 Å². The largest absolute Gasteiger partial charge is 0.369 e. The van der Waals surface area contributed by atoms with Gasteiger partial charge in [-0.15, -0.1) is 0 Å². The molecule has 0 aromatic carbocycles. The van der Waals surface area contributed by atoms with Gasteiger partial charge in [-0.25, -0.2) is 15.8 Å². The predicted molar refractivity (Wildman–Crippen MR) is 67.5 cm³/mol. The van der Waals surface area contributed by atoms with E-state index in [4.69, 9.17) is 5.84 Å². The van der Waals surface area contributed by atoms with Crippen LogP contribution >= 0.6 is 0 Å². The summed E-state index contributed by atoms with van der Waals surface area (Å²) in [6.45, 7) is 3.02. The molecule has 1 heterocycles. The monoisotopic (exact) mass is 233 g/mol.